The lowest BCUT2D eigenvalue weighted by Crippen LogP contribution is -2.19. The van der Waals surface area contributed by atoms with Gasteiger partial charge in [0.2, 0.25) is 0 Å². The van der Waals surface area contributed by atoms with Gasteiger partial charge < -0.3 is 5.32 Å². The van der Waals surface area contributed by atoms with Crippen molar-refractivity contribution in [3.8, 4) is 11.1 Å². The number of halogens is 5. The third-order valence-corrected chi connectivity index (χ3v) is 5.88. The van der Waals surface area contributed by atoms with E-state index in [-0.39, 0.29) is 0 Å². The van der Waals surface area contributed by atoms with E-state index in [1.807, 2.05) is 12.1 Å². The lowest BCUT2D eigenvalue weighted by Gasteiger charge is -2.14. The number of carbonyl (C=O) groups is 1. The van der Waals surface area contributed by atoms with Gasteiger partial charge in [-0.1, -0.05) is 45.2 Å². The fraction of sp³-hybridized carbons (Fsp3) is 0.133. The lowest BCUT2D eigenvalue weighted by molar-refractivity contribution is -0.114. The largest absolute Gasteiger partial charge is 0.322 e. The fourth-order valence-corrected chi connectivity index (χ4v) is 4.50. The van der Waals surface area contributed by atoms with Crippen molar-refractivity contribution in [2.75, 3.05) is 5.32 Å². The van der Waals surface area contributed by atoms with Gasteiger partial charge >= 0.3 is 0 Å². The molecule has 3 rings (SSSR count). The van der Waals surface area contributed by atoms with E-state index in [9.17, 15) is 4.79 Å². The smallest absolute Gasteiger partial charge is 0.257 e. The number of fused-ring (bicyclic) bond motifs is 3. The van der Waals surface area contributed by atoms with Crippen LogP contribution < -0.4 is 5.32 Å². The zero-order valence-electron chi connectivity index (χ0n) is 10.9. The number of alkyl halides is 2. The lowest BCUT2D eigenvalue weighted by atomic mass is 10.1. The maximum atomic E-state index is 11.8. The summed E-state index contributed by atoms with van der Waals surface area (Å²) in [6, 6.07) is 8.24. The van der Waals surface area contributed by atoms with E-state index in [0.29, 0.717) is 5.69 Å². The predicted octanol–water partition coefficient (Wildman–Crippen LogP) is 6.29. The number of carbonyl (C=O) groups excluding carboxylic acids is 1. The van der Waals surface area contributed by atoms with Gasteiger partial charge in [0.25, 0.3) is 5.91 Å². The van der Waals surface area contributed by atoms with E-state index in [1.54, 1.807) is 0 Å². The molecule has 0 saturated heterocycles. The molecule has 1 aliphatic carbocycles. The van der Waals surface area contributed by atoms with Crippen LogP contribution in [0.25, 0.3) is 11.1 Å². The second-order valence-electron chi connectivity index (χ2n) is 4.84. The molecule has 0 unspecified atom stereocenters. The van der Waals surface area contributed by atoms with E-state index in [4.69, 9.17) is 23.2 Å². The first-order chi connectivity index (χ1) is 10.4. The Balaban J connectivity index is 2.09. The van der Waals surface area contributed by atoms with Crippen LogP contribution in [0.1, 0.15) is 11.1 Å². The van der Waals surface area contributed by atoms with Gasteiger partial charge in [0.15, 0.2) is 4.84 Å². The maximum absolute atomic E-state index is 11.8. The van der Waals surface area contributed by atoms with Crippen LogP contribution in [0.15, 0.2) is 37.7 Å². The second-order valence-corrected chi connectivity index (χ2v) is 8.50. The molecular formula is C15H8Br3Cl2NO. The molecule has 22 heavy (non-hydrogen) atoms. The first-order valence-corrected chi connectivity index (χ1v) is 9.52. The molecule has 0 atom stereocenters. The van der Waals surface area contributed by atoms with Gasteiger partial charge in [-0.05, 0) is 78.7 Å². The molecule has 0 bridgehead atoms. The average molecular weight is 529 g/mol. The Hall–Kier alpha value is -0.0700. The molecule has 114 valence electrons. The Morgan fingerprint density at radius 3 is 2.55 bits per heavy atom. The Kier molecular flexibility index (Phi) is 4.91. The zero-order chi connectivity index (χ0) is 16.0. The van der Waals surface area contributed by atoms with Crippen LogP contribution >= 0.6 is 71.0 Å². The average Bonchev–Trinajstić information content (AvgIpc) is 2.80. The summed E-state index contributed by atoms with van der Waals surface area (Å²) in [5.74, 6) is -0.456. The highest BCUT2D eigenvalue weighted by Crippen LogP contribution is 2.46. The molecule has 0 fully saturated rings. The number of amides is 1. The molecule has 1 amide bonds. The quantitative estimate of drug-likeness (QED) is 0.389. The van der Waals surface area contributed by atoms with E-state index in [0.717, 1.165) is 31.0 Å². The van der Waals surface area contributed by atoms with Crippen molar-refractivity contribution in [3.05, 3.63) is 48.8 Å². The van der Waals surface area contributed by atoms with Crippen molar-refractivity contribution < 1.29 is 4.79 Å². The number of anilines is 1. The molecule has 0 heterocycles. The summed E-state index contributed by atoms with van der Waals surface area (Å²) in [5.41, 5.74) is 5.36. The maximum Gasteiger partial charge on any atom is 0.257 e. The Labute approximate surface area is 162 Å². The summed E-state index contributed by atoms with van der Waals surface area (Å²) in [4.78, 5) is 10.6. The number of benzene rings is 2. The minimum Gasteiger partial charge on any atom is -0.322 e. The van der Waals surface area contributed by atoms with Crippen LogP contribution in [0, 0.1) is 0 Å². The summed E-state index contributed by atoms with van der Waals surface area (Å²) < 4.78 is 2.66. The van der Waals surface area contributed by atoms with E-state index < -0.39 is 10.7 Å². The summed E-state index contributed by atoms with van der Waals surface area (Å²) in [6.45, 7) is 0. The Morgan fingerprint density at radius 2 is 1.86 bits per heavy atom. The van der Waals surface area contributed by atoms with Crippen molar-refractivity contribution in [1.29, 1.82) is 0 Å². The molecule has 2 aromatic carbocycles. The van der Waals surface area contributed by atoms with Gasteiger partial charge in [0, 0.05) is 13.4 Å². The van der Waals surface area contributed by atoms with Crippen LogP contribution in [-0.2, 0) is 11.2 Å². The van der Waals surface area contributed by atoms with Gasteiger partial charge in [0.1, 0.15) is 0 Å². The van der Waals surface area contributed by atoms with Gasteiger partial charge in [-0.3, -0.25) is 4.79 Å². The Morgan fingerprint density at radius 1 is 1.14 bits per heavy atom. The zero-order valence-corrected chi connectivity index (χ0v) is 17.2. The van der Waals surface area contributed by atoms with Crippen LogP contribution in [0.4, 0.5) is 5.69 Å². The van der Waals surface area contributed by atoms with Crippen LogP contribution in [0.5, 0.6) is 0 Å². The third kappa shape index (κ3) is 2.98. The molecule has 1 aliphatic rings. The van der Waals surface area contributed by atoms with Crippen molar-refractivity contribution in [2.24, 2.45) is 0 Å². The van der Waals surface area contributed by atoms with Crippen molar-refractivity contribution in [1.82, 2.24) is 0 Å². The SMILES string of the molecule is O=C(Nc1c(Br)cc2c(c1Br)Cc1cc(Br)ccc1-2)C(Cl)Cl. The summed E-state index contributed by atoms with van der Waals surface area (Å²) in [6.07, 6.45) is 0.798. The van der Waals surface area contributed by atoms with Crippen molar-refractivity contribution in [3.63, 3.8) is 0 Å². The highest BCUT2D eigenvalue weighted by molar-refractivity contribution is 9.11. The number of rotatable bonds is 2. The molecule has 2 aromatic rings. The highest BCUT2D eigenvalue weighted by Gasteiger charge is 2.25. The first-order valence-electron chi connectivity index (χ1n) is 6.27. The number of hydrogen-bond acceptors (Lipinski definition) is 1. The van der Waals surface area contributed by atoms with Gasteiger partial charge in [-0.2, -0.15) is 0 Å². The highest BCUT2D eigenvalue weighted by atomic mass is 79.9. The van der Waals surface area contributed by atoms with E-state index in [2.05, 4.69) is 65.2 Å². The topological polar surface area (TPSA) is 29.1 Å². The molecule has 7 heteroatoms. The fourth-order valence-electron chi connectivity index (χ4n) is 2.53. The summed E-state index contributed by atoms with van der Waals surface area (Å²) in [5, 5.41) is 2.74. The normalized spacial score (nSPS) is 12.3. The third-order valence-electron chi connectivity index (χ3n) is 3.49. The standard InChI is InChI=1S/C15H8Br3Cl2NO/c16-7-1-2-8-6(3-7)4-10-9(8)5-11(17)13(12(10)18)21-15(22)14(19)20/h1-3,5,14H,4H2,(H,21,22). The minimum atomic E-state index is -1.11. The second kappa shape index (κ2) is 6.44. The molecule has 2 nitrogen and oxygen atoms in total. The predicted molar refractivity (Wildman–Crippen MR) is 102 cm³/mol. The molecule has 0 saturated carbocycles. The Bertz CT molecular complexity index is 793. The summed E-state index contributed by atoms with van der Waals surface area (Å²) >= 11 is 21.8. The van der Waals surface area contributed by atoms with Gasteiger partial charge in [-0.25, -0.2) is 0 Å². The van der Waals surface area contributed by atoms with Crippen LogP contribution in [0.2, 0.25) is 0 Å². The molecule has 0 radical (unpaired) electrons. The molecule has 1 N–H and O–H groups in total. The molecular weight excluding hydrogens is 521 g/mol. The van der Waals surface area contributed by atoms with Gasteiger partial charge in [0.05, 0.1) is 5.69 Å². The van der Waals surface area contributed by atoms with E-state index >= 15 is 0 Å². The molecule has 0 aliphatic heterocycles. The van der Waals surface area contributed by atoms with Gasteiger partial charge in [-0.15, -0.1) is 0 Å². The number of nitrogens with one attached hydrogen (secondary N) is 1. The monoisotopic (exact) mass is 525 g/mol. The first kappa shape index (κ1) is 16.8. The minimum absolute atomic E-state index is 0.456. The van der Waals surface area contributed by atoms with E-state index in [1.165, 1.54) is 11.1 Å². The molecule has 0 aromatic heterocycles. The molecule has 0 spiro atoms. The van der Waals surface area contributed by atoms with Crippen LogP contribution in [-0.4, -0.2) is 10.7 Å². The van der Waals surface area contributed by atoms with Crippen molar-refractivity contribution >= 4 is 82.6 Å². The van der Waals surface area contributed by atoms with Crippen molar-refractivity contribution in [2.45, 2.75) is 11.3 Å². The number of hydrogen-bond donors (Lipinski definition) is 1. The van der Waals surface area contributed by atoms with Crippen LogP contribution in [0.3, 0.4) is 0 Å². The summed E-state index contributed by atoms with van der Waals surface area (Å²) in [7, 11) is 0.